The number of carbonyl (C=O) groups is 1. The monoisotopic (exact) mass is 181 g/mol. The zero-order valence-corrected chi connectivity index (χ0v) is 8.06. The molecule has 1 atom stereocenters. The Labute approximate surface area is 78.7 Å². The van der Waals surface area contributed by atoms with Crippen molar-refractivity contribution in [1.82, 2.24) is 4.90 Å². The van der Waals surface area contributed by atoms with Gasteiger partial charge in [-0.05, 0) is 19.9 Å². The molecule has 0 bridgehead atoms. The van der Waals surface area contributed by atoms with E-state index in [9.17, 15) is 4.79 Å². The van der Waals surface area contributed by atoms with Crippen LogP contribution in [0.25, 0.3) is 0 Å². The molecule has 1 aliphatic heterocycles. The molecule has 3 heteroatoms. The smallest absolute Gasteiger partial charge is 0.328 e. The highest BCUT2D eigenvalue weighted by Crippen LogP contribution is 2.06. The Morgan fingerprint density at radius 1 is 1.62 bits per heavy atom. The Kier molecular flexibility index (Phi) is 3.55. The van der Waals surface area contributed by atoms with E-state index in [1.807, 2.05) is 43.2 Å². The van der Waals surface area contributed by atoms with E-state index in [0.29, 0.717) is 6.61 Å². The minimum atomic E-state index is -0.193. The maximum Gasteiger partial charge on any atom is 0.328 e. The van der Waals surface area contributed by atoms with Crippen molar-refractivity contribution in [3.63, 3.8) is 0 Å². The Hall–Kier alpha value is -1.25. The Balaban J connectivity index is 2.47. The van der Waals surface area contributed by atoms with Crippen molar-refractivity contribution in [2.45, 2.75) is 19.9 Å². The van der Waals surface area contributed by atoms with E-state index in [4.69, 9.17) is 4.74 Å². The van der Waals surface area contributed by atoms with E-state index in [2.05, 4.69) is 0 Å². The lowest BCUT2D eigenvalue weighted by Crippen LogP contribution is -2.37. The van der Waals surface area contributed by atoms with Gasteiger partial charge < -0.3 is 9.64 Å². The van der Waals surface area contributed by atoms with Crippen LogP contribution in [-0.2, 0) is 9.53 Å². The quantitative estimate of drug-likeness (QED) is 0.615. The topological polar surface area (TPSA) is 29.5 Å². The van der Waals surface area contributed by atoms with Crippen LogP contribution >= 0.6 is 0 Å². The van der Waals surface area contributed by atoms with Crippen LogP contribution in [0.5, 0.6) is 0 Å². The molecule has 1 aliphatic rings. The Morgan fingerprint density at radius 3 is 2.92 bits per heavy atom. The van der Waals surface area contributed by atoms with Crippen LogP contribution < -0.4 is 0 Å². The average molecular weight is 181 g/mol. The molecule has 0 saturated carbocycles. The Bertz CT molecular complexity index is 233. The fourth-order valence-electron chi connectivity index (χ4n) is 1.17. The second-order valence-corrected chi connectivity index (χ2v) is 2.89. The van der Waals surface area contributed by atoms with Crippen molar-refractivity contribution in [2.75, 3.05) is 13.2 Å². The van der Waals surface area contributed by atoms with Crippen LogP contribution in [0.15, 0.2) is 24.4 Å². The summed E-state index contributed by atoms with van der Waals surface area (Å²) in [6, 6.07) is -0.193. The maximum absolute atomic E-state index is 11.3. The molecule has 0 radical (unpaired) electrons. The molecule has 0 amide bonds. The normalized spacial score (nSPS) is 17.2. The van der Waals surface area contributed by atoms with Crippen LogP contribution in [0.3, 0.4) is 0 Å². The predicted molar refractivity (Wildman–Crippen MR) is 51.1 cm³/mol. The summed E-state index contributed by atoms with van der Waals surface area (Å²) >= 11 is 0. The number of allylic oxidation sites excluding steroid dienone is 2. The van der Waals surface area contributed by atoms with Gasteiger partial charge in [0.1, 0.15) is 6.04 Å². The first-order valence-corrected chi connectivity index (χ1v) is 4.51. The molecule has 0 aliphatic carbocycles. The third-order valence-electron chi connectivity index (χ3n) is 1.97. The fraction of sp³-hybridized carbons (Fsp3) is 0.500. The number of carbonyl (C=O) groups excluding carboxylic acids is 1. The van der Waals surface area contributed by atoms with Gasteiger partial charge in [-0.15, -0.1) is 0 Å². The minimum Gasteiger partial charge on any atom is -0.464 e. The molecular formula is C10H15NO2. The average Bonchev–Trinajstić information content (AvgIpc) is 2.18. The third kappa shape index (κ3) is 2.61. The first-order valence-electron chi connectivity index (χ1n) is 4.51. The third-order valence-corrected chi connectivity index (χ3v) is 1.97. The van der Waals surface area contributed by atoms with Crippen molar-refractivity contribution < 1.29 is 9.53 Å². The molecule has 1 heterocycles. The molecule has 1 unspecified atom stereocenters. The predicted octanol–water partition coefficient (Wildman–Crippen LogP) is 1.32. The van der Waals surface area contributed by atoms with Gasteiger partial charge in [-0.3, -0.25) is 0 Å². The molecule has 0 aromatic rings. The van der Waals surface area contributed by atoms with Gasteiger partial charge in [0.05, 0.1) is 6.61 Å². The summed E-state index contributed by atoms with van der Waals surface area (Å²) in [4.78, 5) is 13.3. The Morgan fingerprint density at radius 2 is 2.38 bits per heavy atom. The van der Waals surface area contributed by atoms with Crippen molar-refractivity contribution >= 4 is 5.97 Å². The van der Waals surface area contributed by atoms with Gasteiger partial charge in [0.15, 0.2) is 0 Å². The molecule has 1 rings (SSSR count). The number of hydrogen-bond donors (Lipinski definition) is 0. The molecular weight excluding hydrogens is 166 g/mol. The van der Waals surface area contributed by atoms with Crippen LogP contribution in [0, 0.1) is 0 Å². The summed E-state index contributed by atoms with van der Waals surface area (Å²) in [5.41, 5.74) is 0. The van der Waals surface area contributed by atoms with Crippen LogP contribution in [0.2, 0.25) is 0 Å². The summed E-state index contributed by atoms with van der Waals surface area (Å²) in [6.07, 6.45) is 7.80. The van der Waals surface area contributed by atoms with E-state index in [-0.39, 0.29) is 12.0 Å². The standard InChI is InChI=1S/C10H15NO2/c1-3-13-10(12)9(2)11-7-5-4-6-8-11/h4-7,9H,3,8H2,1-2H3. The first kappa shape index (κ1) is 9.84. The van der Waals surface area contributed by atoms with Gasteiger partial charge in [0.25, 0.3) is 0 Å². The summed E-state index contributed by atoms with van der Waals surface area (Å²) in [6.45, 7) is 4.88. The van der Waals surface area contributed by atoms with Crippen molar-refractivity contribution in [1.29, 1.82) is 0 Å². The van der Waals surface area contributed by atoms with E-state index in [0.717, 1.165) is 6.54 Å². The number of esters is 1. The second kappa shape index (κ2) is 4.70. The summed E-state index contributed by atoms with van der Waals surface area (Å²) in [5.74, 6) is -0.164. The molecule has 3 nitrogen and oxygen atoms in total. The molecule has 0 aromatic heterocycles. The number of nitrogens with zero attached hydrogens (tertiary/aromatic N) is 1. The van der Waals surface area contributed by atoms with E-state index in [1.54, 1.807) is 0 Å². The van der Waals surface area contributed by atoms with Crippen LogP contribution in [0.1, 0.15) is 13.8 Å². The SMILES string of the molecule is CCOC(=O)C(C)N1C=CC=CC1. The van der Waals surface area contributed by atoms with Gasteiger partial charge >= 0.3 is 5.97 Å². The molecule has 0 N–H and O–H groups in total. The summed E-state index contributed by atoms with van der Waals surface area (Å²) in [7, 11) is 0. The van der Waals surface area contributed by atoms with E-state index < -0.39 is 0 Å². The molecule has 72 valence electrons. The first-order chi connectivity index (χ1) is 6.25. The van der Waals surface area contributed by atoms with Gasteiger partial charge in [-0.1, -0.05) is 12.2 Å². The van der Waals surface area contributed by atoms with Gasteiger partial charge in [0, 0.05) is 12.7 Å². The van der Waals surface area contributed by atoms with Crippen molar-refractivity contribution in [2.24, 2.45) is 0 Å². The second-order valence-electron chi connectivity index (χ2n) is 2.89. The molecule has 13 heavy (non-hydrogen) atoms. The van der Waals surface area contributed by atoms with Crippen molar-refractivity contribution in [3.8, 4) is 0 Å². The van der Waals surface area contributed by atoms with Gasteiger partial charge in [-0.2, -0.15) is 0 Å². The summed E-state index contributed by atoms with van der Waals surface area (Å²) in [5, 5.41) is 0. The highest BCUT2D eigenvalue weighted by atomic mass is 16.5. The van der Waals surface area contributed by atoms with E-state index in [1.165, 1.54) is 0 Å². The van der Waals surface area contributed by atoms with Gasteiger partial charge in [-0.25, -0.2) is 4.79 Å². The zero-order valence-electron chi connectivity index (χ0n) is 8.06. The molecule has 0 aromatic carbocycles. The maximum atomic E-state index is 11.3. The van der Waals surface area contributed by atoms with E-state index >= 15 is 0 Å². The molecule has 0 fully saturated rings. The minimum absolute atomic E-state index is 0.164. The largest absolute Gasteiger partial charge is 0.464 e. The highest BCUT2D eigenvalue weighted by molar-refractivity contribution is 5.75. The van der Waals surface area contributed by atoms with Crippen LogP contribution in [-0.4, -0.2) is 30.1 Å². The highest BCUT2D eigenvalue weighted by Gasteiger charge is 2.19. The lowest BCUT2D eigenvalue weighted by atomic mass is 10.2. The number of rotatable bonds is 3. The lowest BCUT2D eigenvalue weighted by Gasteiger charge is -2.26. The zero-order chi connectivity index (χ0) is 9.68. The summed E-state index contributed by atoms with van der Waals surface area (Å²) < 4.78 is 4.92. The molecule has 0 saturated heterocycles. The number of hydrogen-bond acceptors (Lipinski definition) is 3. The number of ether oxygens (including phenoxy) is 1. The van der Waals surface area contributed by atoms with Gasteiger partial charge in [0.2, 0.25) is 0 Å². The molecule has 0 spiro atoms. The van der Waals surface area contributed by atoms with Crippen molar-refractivity contribution in [3.05, 3.63) is 24.4 Å². The fourth-order valence-corrected chi connectivity index (χ4v) is 1.17. The van der Waals surface area contributed by atoms with Crippen LogP contribution in [0.4, 0.5) is 0 Å². The lowest BCUT2D eigenvalue weighted by molar-refractivity contribution is -0.147.